The third-order valence-corrected chi connectivity index (χ3v) is 5.17. The molecule has 170 valence electrons. The van der Waals surface area contributed by atoms with E-state index in [1.165, 1.54) is 6.07 Å². The Morgan fingerprint density at radius 2 is 2.09 bits per heavy atom. The second-order valence-electron chi connectivity index (χ2n) is 7.64. The number of nitrogens with two attached hydrogens (primary N) is 1. The van der Waals surface area contributed by atoms with E-state index in [2.05, 4.69) is 20.3 Å². The lowest BCUT2D eigenvalue weighted by atomic mass is 10.0. The van der Waals surface area contributed by atoms with E-state index in [9.17, 15) is 14.3 Å². The van der Waals surface area contributed by atoms with E-state index >= 15 is 0 Å². The summed E-state index contributed by atoms with van der Waals surface area (Å²) in [7, 11) is 1.82. The number of pyridine rings is 1. The molecule has 0 aliphatic carbocycles. The number of nitrogens with one attached hydrogen (secondary N) is 1. The van der Waals surface area contributed by atoms with E-state index in [0.29, 0.717) is 17.9 Å². The highest BCUT2D eigenvalue weighted by atomic mass is 19.1. The summed E-state index contributed by atoms with van der Waals surface area (Å²) in [6.45, 7) is 4.06. The number of hydrogen-bond acceptors (Lipinski definition) is 7. The lowest BCUT2D eigenvalue weighted by Gasteiger charge is -2.18. The van der Waals surface area contributed by atoms with Crippen molar-refractivity contribution in [3.63, 3.8) is 0 Å². The van der Waals surface area contributed by atoms with Crippen LogP contribution in [0.4, 0.5) is 10.2 Å². The van der Waals surface area contributed by atoms with E-state index in [-0.39, 0.29) is 22.7 Å². The predicted molar refractivity (Wildman–Crippen MR) is 121 cm³/mol. The van der Waals surface area contributed by atoms with Crippen LogP contribution in [0.2, 0.25) is 0 Å². The quantitative estimate of drug-likeness (QED) is 0.391. The van der Waals surface area contributed by atoms with Gasteiger partial charge in [0.05, 0.1) is 17.0 Å². The van der Waals surface area contributed by atoms with Gasteiger partial charge in [0.15, 0.2) is 11.6 Å². The number of aryl methyl sites for hydroxylation is 1. The topological polar surface area (TPSA) is 128 Å². The lowest BCUT2D eigenvalue weighted by molar-refractivity contribution is 0.0691. The maximum absolute atomic E-state index is 13.8. The van der Waals surface area contributed by atoms with Crippen molar-refractivity contribution in [1.82, 2.24) is 24.7 Å². The predicted octanol–water partition coefficient (Wildman–Crippen LogP) is 3.38. The van der Waals surface area contributed by atoms with E-state index < -0.39 is 17.9 Å². The van der Waals surface area contributed by atoms with Crippen LogP contribution in [0, 0.1) is 12.7 Å². The number of carboxylic acid groups (broad SMARTS) is 1. The number of carboxylic acids is 1. The third-order valence-electron chi connectivity index (χ3n) is 5.17. The fraction of sp³-hybridized carbons (Fsp3) is 0.217. The Morgan fingerprint density at radius 3 is 2.82 bits per heavy atom. The molecule has 10 heteroatoms. The molecule has 4 rings (SSSR count). The number of nitrogens with zero attached hydrogens (tertiary/aromatic N) is 4. The molecule has 0 spiro atoms. The van der Waals surface area contributed by atoms with Crippen LogP contribution in [0.5, 0.6) is 5.75 Å². The first kappa shape index (κ1) is 22.2. The molecule has 4 aromatic rings. The van der Waals surface area contributed by atoms with E-state index in [1.54, 1.807) is 25.4 Å². The van der Waals surface area contributed by atoms with Gasteiger partial charge in [0.25, 0.3) is 0 Å². The molecular formula is C23H23FN6O3. The normalized spacial score (nSPS) is 12.1. The first-order valence-corrected chi connectivity index (χ1v) is 10.2. The largest absolute Gasteiger partial charge is 0.482 e. The highest BCUT2D eigenvalue weighted by Crippen LogP contribution is 2.33. The third kappa shape index (κ3) is 4.33. The zero-order valence-electron chi connectivity index (χ0n) is 18.3. The van der Waals surface area contributed by atoms with Crippen LogP contribution in [-0.2, 0) is 6.54 Å². The highest BCUT2D eigenvalue weighted by molar-refractivity contribution is 5.89. The van der Waals surface area contributed by atoms with Crippen LogP contribution < -0.4 is 15.8 Å². The molecule has 3 heterocycles. The fourth-order valence-corrected chi connectivity index (χ4v) is 3.67. The Kier molecular flexibility index (Phi) is 5.93. The van der Waals surface area contributed by atoms with Crippen molar-refractivity contribution in [2.75, 3.05) is 12.8 Å². The number of benzene rings is 1. The smallest absolute Gasteiger partial charge is 0.336 e. The number of nitrogen functional groups attached to an aromatic ring is 1. The minimum atomic E-state index is -1.18. The van der Waals surface area contributed by atoms with Gasteiger partial charge < -0.3 is 20.9 Å². The van der Waals surface area contributed by atoms with Crippen LogP contribution in [0.3, 0.4) is 0 Å². The zero-order valence-corrected chi connectivity index (χ0v) is 18.3. The summed E-state index contributed by atoms with van der Waals surface area (Å²) in [4.78, 5) is 24.8. The Bertz CT molecular complexity index is 1350. The Morgan fingerprint density at radius 1 is 1.30 bits per heavy atom. The maximum Gasteiger partial charge on any atom is 0.336 e. The van der Waals surface area contributed by atoms with Gasteiger partial charge in [0.2, 0.25) is 5.78 Å². The van der Waals surface area contributed by atoms with Crippen molar-refractivity contribution in [3.05, 3.63) is 71.1 Å². The lowest BCUT2D eigenvalue weighted by Crippen LogP contribution is -2.12. The number of rotatable bonds is 7. The van der Waals surface area contributed by atoms with Crippen LogP contribution in [-0.4, -0.2) is 37.5 Å². The van der Waals surface area contributed by atoms with Crippen molar-refractivity contribution in [1.29, 1.82) is 0 Å². The second kappa shape index (κ2) is 8.83. The number of carbonyl (C=O) groups is 1. The molecule has 0 radical (unpaired) electrons. The maximum atomic E-state index is 13.8. The molecule has 4 N–H and O–H groups in total. The van der Waals surface area contributed by atoms with Gasteiger partial charge >= 0.3 is 5.97 Å². The first-order valence-electron chi connectivity index (χ1n) is 10.2. The molecular weight excluding hydrogens is 427 g/mol. The molecule has 3 aromatic heterocycles. The van der Waals surface area contributed by atoms with Crippen molar-refractivity contribution >= 4 is 17.6 Å². The van der Waals surface area contributed by atoms with Gasteiger partial charge in [-0.2, -0.15) is 0 Å². The van der Waals surface area contributed by atoms with Crippen molar-refractivity contribution < 1.29 is 19.0 Å². The molecule has 0 amide bonds. The average Bonchev–Trinajstić information content (AvgIpc) is 3.12. The number of aromatic nitrogens is 4. The summed E-state index contributed by atoms with van der Waals surface area (Å²) in [5.74, 6) is -0.829. The summed E-state index contributed by atoms with van der Waals surface area (Å²) in [6.07, 6.45) is 4.48. The number of anilines is 1. The van der Waals surface area contributed by atoms with Crippen molar-refractivity contribution in [2.45, 2.75) is 26.5 Å². The molecule has 0 fully saturated rings. The van der Waals surface area contributed by atoms with Crippen LogP contribution in [0.15, 0.2) is 42.9 Å². The van der Waals surface area contributed by atoms with Crippen LogP contribution >= 0.6 is 0 Å². The minimum Gasteiger partial charge on any atom is -0.482 e. The number of halogens is 1. The van der Waals surface area contributed by atoms with Crippen LogP contribution in [0.25, 0.3) is 17.0 Å². The van der Waals surface area contributed by atoms with Gasteiger partial charge in [0, 0.05) is 36.3 Å². The van der Waals surface area contributed by atoms with Crippen LogP contribution in [0.1, 0.15) is 40.2 Å². The van der Waals surface area contributed by atoms with Gasteiger partial charge in [0.1, 0.15) is 11.9 Å². The summed E-state index contributed by atoms with van der Waals surface area (Å²) < 4.78 is 21.7. The molecule has 0 saturated heterocycles. The molecule has 0 aliphatic heterocycles. The second-order valence-corrected chi connectivity index (χ2v) is 7.64. The number of fused-ring (bicyclic) bond motifs is 1. The Labute approximate surface area is 189 Å². The van der Waals surface area contributed by atoms with E-state index in [0.717, 1.165) is 29.1 Å². The molecule has 9 nitrogen and oxygen atoms in total. The number of ether oxygens (including phenoxy) is 1. The van der Waals surface area contributed by atoms with Gasteiger partial charge in [-0.15, -0.1) is 0 Å². The summed E-state index contributed by atoms with van der Waals surface area (Å²) >= 11 is 0. The molecule has 1 aromatic carbocycles. The molecule has 0 aliphatic rings. The van der Waals surface area contributed by atoms with Crippen molar-refractivity contribution in [2.24, 2.45) is 0 Å². The molecule has 33 heavy (non-hydrogen) atoms. The number of imidazole rings is 1. The molecule has 0 unspecified atom stereocenters. The Hall–Kier alpha value is -4.05. The average molecular weight is 450 g/mol. The Balaban J connectivity index is 1.78. The summed E-state index contributed by atoms with van der Waals surface area (Å²) in [6, 6.07) is 5.16. The monoisotopic (exact) mass is 450 g/mol. The molecule has 1 atom stereocenters. The minimum absolute atomic E-state index is 0.0498. The summed E-state index contributed by atoms with van der Waals surface area (Å²) in [5, 5.41) is 12.6. The fourth-order valence-electron chi connectivity index (χ4n) is 3.67. The van der Waals surface area contributed by atoms with Gasteiger partial charge in [-0.3, -0.25) is 4.40 Å². The van der Waals surface area contributed by atoms with Gasteiger partial charge in [-0.1, -0.05) is 0 Å². The van der Waals surface area contributed by atoms with Gasteiger partial charge in [-0.25, -0.2) is 24.1 Å². The van der Waals surface area contributed by atoms with Gasteiger partial charge in [-0.05, 0) is 50.7 Å². The SMILES string of the molecule is CNCc1nc2ncc(C)cn2c1-c1cnc(N)c(O[C@H](C)c2cc(F)ccc2C(=O)O)c1. The zero-order chi connectivity index (χ0) is 23.7. The number of hydrogen-bond donors (Lipinski definition) is 3. The highest BCUT2D eigenvalue weighted by Gasteiger charge is 2.21. The molecule has 0 saturated carbocycles. The standard InChI is InChI=1S/C23H23FN6O3/c1-12-8-28-23-29-18(10-26-3)20(30(23)11-12)14-6-19(21(25)27-9-14)33-13(2)17-7-15(24)4-5-16(17)22(31)32/h4-9,11,13,26H,10H2,1-3H3,(H2,25,27)(H,31,32)/t13-/m1/s1. The van der Waals surface area contributed by atoms with Crippen molar-refractivity contribution in [3.8, 4) is 17.0 Å². The van der Waals surface area contributed by atoms with E-state index in [1.807, 2.05) is 24.6 Å². The molecule has 0 bridgehead atoms. The van der Waals surface area contributed by atoms with E-state index in [4.69, 9.17) is 10.5 Å². The first-order chi connectivity index (χ1) is 15.8. The summed E-state index contributed by atoms with van der Waals surface area (Å²) in [5.41, 5.74) is 9.38. The number of aromatic carboxylic acids is 1.